The summed E-state index contributed by atoms with van der Waals surface area (Å²) in [6.07, 6.45) is 38.0. The van der Waals surface area contributed by atoms with Crippen LogP contribution in [-0.2, 0) is 10.1 Å². The minimum Gasteiger partial charge on any atom is -0.286 e. The molecule has 0 unspecified atom stereocenters. The van der Waals surface area contributed by atoms with Crippen LogP contribution in [0.15, 0.2) is 0 Å². The van der Waals surface area contributed by atoms with E-state index in [4.69, 9.17) is 4.55 Å². The first-order valence-electron chi connectivity index (χ1n) is 15.5. The maximum atomic E-state index is 10.6. The van der Waals surface area contributed by atoms with E-state index in [-0.39, 0.29) is 28.8 Å². The first-order chi connectivity index (χ1) is 16.6. The van der Waals surface area contributed by atoms with Crippen LogP contribution in [0.4, 0.5) is 0 Å². The molecule has 0 fully saturated rings. The fourth-order valence-corrected chi connectivity index (χ4v) is 5.52. The van der Waals surface area contributed by atoms with Crippen molar-refractivity contribution < 1.29 is 13.0 Å². The molecule has 0 saturated heterocycles. The van der Waals surface area contributed by atoms with E-state index in [2.05, 4.69) is 6.92 Å². The topological polar surface area (TPSA) is 54.4 Å². The van der Waals surface area contributed by atoms with Crippen LogP contribution < -0.4 is 0 Å². The van der Waals surface area contributed by atoms with Crippen LogP contribution in [0.25, 0.3) is 0 Å². The van der Waals surface area contributed by atoms with Crippen LogP contribution in [0, 0.1) is 0 Å². The fraction of sp³-hybridized carbons (Fsp3) is 1.00. The molecule has 0 aliphatic heterocycles. The predicted molar refractivity (Wildman–Crippen MR) is 157 cm³/mol. The van der Waals surface area contributed by atoms with Gasteiger partial charge in [-0.3, -0.25) is 4.55 Å². The molecule has 0 aliphatic rings. The van der Waals surface area contributed by atoms with Gasteiger partial charge < -0.3 is 0 Å². The maximum absolute atomic E-state index is 10.6. The van der Waals surface area contributed by atoms with Crippen LogP contribution in [0.1, 0.15) is 187 Å². The van der Waals surface area contributed by atoms with E-state index < -0.39 is 10.1 Å². The van der Waals surface area contributed by atoms with E-state index in [0.29, 0.717) is 6.42 Å². The van der Waals surface area contributed by atoms with E-state index in [9.17, 15) is 8.42 Å². The Morgan fingerprint density at radius 2 is 0.543 bits per heavy atom. The van der Waals surface area contributed by atoms with E-state index in [1.54, 1.807) is 0 Å². The molecule has 0 aromatic carbocycles. The first kappa shape index (κ1) is 37.8. The zero-order valence-electron chi connectivity index (χ0n) is 23.9. The Labute approximate surface area is 237 Å². The van der Waals surface area contributed by atoms with Gasteiger partial charge in [-0.1, -0.05) is 180 Å². The summed E-state index contributed by atoms with van der Waals surface area (Å²) in [5.74, 6) is -0.0769. The molecule has 5 heteroatoms. The van der Waals surface area contributed by atoms with Crippen molar-refractivity contribution in [1.82, 2.24) is 0 Å². The second-order valence-corrected chi connectivity index (χ2v) is 12.4. The molecule has 0 aromatic rings. The molecule has 0 aliphatic carbocycles. The van der Waals surface area contributed by atoms with Crippen molar-refractivity contribution in [1.29, 1.82) is 0 Å². The van der Waals surface area contributed by atoms with Crippen molar-refractivity contribution >= 4 is 33.2 Å². The molecule has 0 aromatic heterocycles. The molecule has 35 heavy (non-hydrogen) atoms. The van der Waals surface area contributed by atoms with Gasteiger partial charge in [-0.2, -0.15) is 8.42 Å². The van der Waals surface area contributed by atoms with Gasteiger partial charge in [0.2, 0.25) is 0 Å². The van der Waals surface area contributed by atoms with E-state index in [1.165, 1.54) is 161 Å². The zero-order valence-corrected chi connectivity index (χ0v) is 26.1. The molecule has 0 bridgehead atoms. The zero-order chi connectivity index (χ0) is 25.0. The number of rotatable bonds is 29. The molecule has 0 atom stereocenters. The van der Waals surface area contributed by atoms with Crippen molar-refractivity contribution in [2.24, 2.45) is 0 Å². The minimum absolute atomic E-state index is 0. The van der Waals surface area contributed by atoms with E-state index in [1.807, 2.05) is 0 Å². The molecule has 0 saturated carbocycles. The maximum Gasteiger partial charge on any atom is 2.00 e. The Hall–Kier alpha value is 0.676. The standard InChI is InChI=1S/C30H62O3S.Mg/c1-2-3-4-5-6-7-8-9-10-11-12-13-14-15-16-17-18-19-20-21-22-23-24-25-26-27-28-29-30-34(31,32)33;/h2-30H2,1H3,(H,31,32,33);/q;+2. The van der Waals surface area contributed by atoms with Gasteiger partial charge in [0.25, 0.3) is 10.1 Å². The summed E-state index contributed by atoms with van der Waals surface area (Å²) in [7, 11) is -3.75. The molecule has 0 heterocycles. The Morgan fingerprint density at radius 3 is 0.714 bits per heavy atom. The molecule has 0 spiro atoms. The molecule has 206 valence electrons. The van der Waals surface area contributed by atoms with Gasteiger partial charge in [0.05, 0.1) is 5.75 Å². The third kappa shape index (κ3) is 36.9. The van der Waals surface area contributed by atoms with Gasteiger partial charge in [0.15, 0.2) is 0 Å². The van der Waals surface area contributed by atoms with E-state index >= 15 is 0 Å². The Bertz CT molecular complexity index is 482. The molecular weight excluding hydrogens is 465 g/mol. The quantitative estimate of drug-likeness (QED) is 0.0598. The Balaban J connectivity index is 0. The number of unbranched alkanes of at least 4 members (excludes halogenated alkanes) is 27. The summed E-state index contributed by atoms with van der Waals surface area (Å²) in [4.78, 5) is 0. The van der Waals surface area contributed by atoms with Crippen LogP contribution in [0.5, 0.6) is 0 Å². The second kappa shape index (κ2) is 30.9. The third-order valence-electron chi connectivity index (χ3n) is 7.26. The van der Waals surface area contributed by atoms with Gasteiger partial charge in [-0.25, -0.2) is 0 Å². The predicted octanol–water partition coefficient (Wildman–Crippen LogP) is 10.4. The molecule has 0 rings (SSSR count). The van der Waals surface area contributed by atoms with Crippen LogP contribution in [0.2, 0.25) is 0 Å². The van der Waals surface area contributed by atoms with Crippen molar-refractivity contribution in [3.8, 4) is 0 Å². The van der Waals surface area contributed by atoms with Crippen molar-refractivity contribution in [2.75, 3.05) is 5.75 Å². The molecule has 3 nitrogen and oxygen atoms in total. The minimum atomic E-state index is -3.75. The normalized spacial score (nSPS) is 11.6. The van der Waals surface area contributed by atoms with Crippen molar-refractivity contribution in [3.63, 3.8) is 0 Å². The molecule has 0 amide bonds. The van der Waals surface area contributed by atoms with Gasteiger partial charge in [-0.05, 0) is 6.42 Å². The summed E-state index contributed by atoms with van der Waals surface area (Å²) in [6.45, 7) is 2.29. The summed E-state index contributed by atoms with van der Waals surface area (Å²) < 4.78 is 30.0. The van der Waals surface area contributed by atoms with Gasteiger partial charge in [0.1, 0.15) is 0 Å². The Morgan fingerprint density at radius 1 is 0.371 bits per heavy atom. The summed E-state index contributed by atoms with van der Waals surface area (Å²) in [5, 5.41) is 0. The average Bonchev–Trinajstić information content (AvgIpc) is 2.80. The average molecular weight is 527 g/mol. The summed E-state index contributed by atoms with van der Waals surface area (Å²) in [5.41, 5.74) is 0. The van der Waals surface area contributed by atoms with Crippen LogP contribution >= 0.6 is 0 Å². The first-order valence-corrected chi connectivity index (χ1v) is 17.1. The van der Waals surface area contributed by atoms with Gasteiger partial charge >= 0.3 is 23.1 Å². The van der Waals surface area contributed by atoms with Crippen molar-refractivity contribution in [3.05, 3.63) is 0 Å². The fourth-order valence-electron chi connectivity index (χ4n) is 4.95. The summed E-state index contributed by atoms with van der Waals surface area (Å²) in [6, 6.07) is 0. The van der Waals surface area contributed by atoms with Gasteiger partial charge in [-0.15, -0.1) is 0 Å². The Kier molecular flexibility index (Phi) is 33.4. The smallest absolute Gasteiger partial charge is 0.286 e. The number of hydrogen-bond donors (Lipinski definition) is 1. The molecular formula is C30H62MgO3S+2. The van der Waals surface area contributed by atoms with Gasteiger partial charge in [0, 0.05) is 0 Å². The van der Waals surface area contributed by atoms with Crippen LogP contribution in [-0.4, -0.2) is 41.8 Å². The van der Waals surface area contributed by atoms with Crippen LogP contribution in [0.3, 0.4) is 0 Å². The van der Waals surface area contributed by atoms with E-state index in [0.717, 1.165) is 12.8 Å². The second-order valence-electron chi connectivity index (χ2n) is 10.8. The SMILES string of the molecule is CCCCCCCCCCCCCCCCCCCCCCCCCCCCCCS(=O)(=O)O.[Mg+2]. The molecule has 1 N–H and O–H groups in total. The number of hydrogen-bond acceptors (Lipinski definition) is 2. The third-order valence-corrected chi connectivity index (χ3v) is 8.06. The monoisotopic (exact) mass is 526 g/mol. The summed E-state index contributed by atoms with van der Waals surface area (Å²) >= 11 is 0. The van der Waals surface area contributed by atoms with Crippen molar-refractivity contribution in [2.45, 2.75) is 187 Å². The molecule has 0 radical (unpaired) electrons. The largest absolute Gasteiger partial charge is 2.00 e.